The monoisotopic (exact) mass is 258 g/mol. The number of nitrogens with one attached hydrogen (secondary N) is 1. The molecule has 1 heterocycles. The van der Waals surface area contributed by atoms with Crippen LogP contribution in [0.25, 0.3) is 11.0 Å². The Morgan fingerprint density at radius 2 is 2.16 bits per heavy atom. The zero-order valence-corrected chi connectivity index (χ0v) is 11.5. The molecule has 1 fully saturated rings. The molecular weight excluding hydrogens is 236 g/mol. The van der Waals surface area contributed by atoms with Crippen LogP contribution in [0.5, 0.6) is 0 Å². The van der Waals surface area contributed by atoms with Crippen LogP contribution in [-0.4, -0.2) is 22.1 Å². The van der Waals surface area contributed by atoms with Crippen molar-refractivity contribution in [1.82, 2.24) is 9.55 Å². The third-order valence-corrected chi connectivity index (χ3v) is 3.94. The molecule has 19 heavy (non-hydrogen) atoms. The first-order valence-corrected chi connectivity index (χ1v) is 7.21. The number of aryl methyl sites for hydroxylation is 1. The number of fused-ring (bicyclic) bond motifs is 1. The summed E-state index contributed by atoms with van der Waals surface area (Å²) in [4.78, 5) is 4.75. The quantitative estimate of drug-likeness (QED) is 0.886. The Kier molecular flexibility index (Phi) is 3.42. The first-order chi connectivity index (χ1) is 9.28. The maximum Gasteiger partial charge on any atom is 0.204 e. The average Bonchev–Trinajstić information content (AvgIpc) is 2.99. The highest BCUT2D eigenvalue weighted by Crippen LogP contribution is 2.25. The van der Waals surface area contributed by atoms with Crippen LogP contribution in [0.1, 0.15) is 31.2 Å². The summed E-state index contributed by atoms with van der Waals surface area (Å²) < 4.78 is 2.22. The van der Waals surface area contributed by atoms with Crippen molar-refractivity contribution in [3.05, 3.63) is 23.8 Å². The van der Waals surface area contributed by atoms with Gasteiger partial charge in [0.25, 0.3) is 0 Å². The first-order valence-electron chi connectivity index (χ1n) is 7.21. The summed E-state index contributed by atoms with van der Waals surface area (Å²) >= 11 is 0. The summed E-state index contributed by atoms with van der Waals surface area (Å²) in [6, 6.07) is 7.00. The van der Waals surface area contributed by atoms with Crippen LogP contribution >= 0.6 is 0 Å². The number of nitrogens with two attached hydrogens (primary N) is 1. The molecule has 4 nitrogen and oxygen atoms in total. The number of hydrogen-bond donors (Lipinski definition) is 2. The van der Waals surface area contributed by atoms with E-state index in [9.17, 15) is 0 Å². The van der Waals surface area contributed by atoms with E-state index in [0.29, 0.717) is 12.6 Å². The molecule has 2 aromatic rings. The summed E-state index contributed by atoms with van der Waals surface area (Å²) in [5.74, 6) is 0.984. The first kappa shape index (κ1) is 12.5. The topological polar surface area (TPSA) is 55.9 Å². The molecule has 0 bridgehead atoms. The molecule has 1 aliphatic carbocycles. The largest absolute Gasteiger partial charge is 0.353 e. The van der Waals surface area contributed by atoms with Gasteiger partial charge < -0.3 is 15.6 Å². The fourth-order valence-electron chi connectivity index (χ4n) is 2.96. The number of imidazole rings is 1. The Hall–Kier alpha value is -1.55. The van der Waals surface area contributed by atoms with Gasteiger partial charge in [-0.25, -0.2) is 4.98 Å². The van der Waals surface area contributed by atoms with Gasteiger partial charge >= 0.3 is 0 Å². The summed E-state index contributed by atoms with van der Waals surface area (Å²) in [7, 11) is 0. The molecule has 3 N–H and O–H groups in total. The summed E-state index contributed by atoms with van der Waals surface area (Å²) in [5.41, 5.74) is 9.23. The second kappa shape index (κ2) is 5.21. The van der Waals surface area contributed by atoms with Gasteiger partial charge in [-0.15, -0.1) is 0 Å². The summed E-state index contributed by atoms with van der Waals surface area (Å²) in [6.07, 6.45) is 5.16. The van der Waals surface area contributed by atoms with Crippen molar-refractivity contribution in [1.29, 1.82) is 0 Å². The predicted octanol–water partition coefficient (Wildman–Crippen LogP) is 2.66. The van der Waals surface area contributed by atoms with E-state index in [2.05, 4.69) is 35.0 Å². The van der Waals surface area contributed by atoms with E-state index in [1.54, 1.807) is 0 Å². The van der Waals surface area contributed by atoms with Crippen molar-refractivity contribution in [2.24, 2.45) is 5.73 Å². The van der Waals surface area contributed by atoms with Gasteiger partial charge in [0.2, 0.25) is 5.95 Å². The van der Waals surface area contributed by atoms with Gasteiger partial charge in [0, 0.05) is 19.1 Å². The molecule has 1 aliphatic rings. The molecule has 102 valence electrons. The SMILES string of the molecule is Cc1ccc2c(c1)nc(NC1CCCC1)n2CCN. The molecule has 0 unspecified atom stereocenters. The Labute approximate surface area is 114 Å². The summed E-state index contributed by atoms with van der Waals surface area (Å²) in [6.45, 7) is 3.55. The van der Waals surface area contributed by atoms with Gasteiger partial charge in [-0.1, -0.05) is 18.9 Å². The molecule has 0 spiro atoms. The minimum absolute atomic E-state index is 0.578. The zero-order valence-electron chi connectivity index (χ0n) is 11.5. The average molecular weight is 258 g/mol. The van der Waals surface area contributed by atoms with Gasteiger partial charge in [-0.05, 0) is 37.5 Å². The van der Waals surface area contributed by atoms with Gasteiger partial charge in [0.1, 0.15) is 0 Å². The molecule has 4 heteroatoms. The van der Waals surface area contributed by atoms with Gasteiger partial charge in [-0.3, -0.25) is 0 Å². The molecule has 1 aromatic carbocycles. The molecule has 0 atom stereocenters. The molecule has 0 aliphatic heterocycles. The lowest BCUT2D eigenvalue weighted by Crippen LogP contribution is -2.20. The van der Waals surface area contributed by atoms with Crippen molar-refractivity contribution in [2.75, 3.05) is 11.9 Å². The predicted molar refractivity (Wildman–Crippen MR) is 79.4 cm³/mol. The van der Waals surface area contributed by atoms with Crippen LogP contribution in [0.4, 0.5) is 5.95 Å². The number of aromatic nitrogens is 2. The molecule has 3 rings (SSSR count). The third-order valence-electron chi connectivity index (χ3n) is 3.94. The van der Waals surface area contributed by atoms with E-state index in [1.807, 2.05) is 0 Å². The summed E-state index contributed by atoms with van der Waals surface area (Å²) in [5, 5.41) is 3.60. The van der Waals surface area contributed by atoms with Crippen molar-refractivity contribution in [3.63, 3.8) is 0 Å². The van der Waals surface area contributed by atoms with Crippen molar-refractivity contribution in [2.45, 2.75) is 45.2 Å². The number of anilines is 1. The lowest BCUT2D eigenvalue weighted by molar-refractivity contribution is 0.694. The minimum Gasteiger partial charge on any atom is -0.353 e. The fourth-order valence-corrected chi connectivity index (χ4v) is 2.96. The van der Waals surface area contributed by atoms with Gasteiger partial charge in [0.05, 0.1) is 11.0 Å². The molecule has 0 amide bonds. The maximum atomic E-state index is 5.74. The van der Waals surface area contributed by atoms with Crippen LogP contribution in [0.15, 0.2) is 18.2 Å². The maximum absolute atomic E-state index is 5.74. The molecule has 0 saturated heterocycles. The fraction of sp³-hybridized carbons (Fsp3) is 0.533. The normalized spacial score (nSPS) is 16.3. The van der Waals surface area contributed by atoms with Crippen molar-refractivity contribution >= 4 is 17.0 Å². The number of nitrogens with zero attached hydrogens (tertiary/aromatic N) is 2. The van der Waals surface area contributed by atoms with E-state index >= 15 is 0 Å². The van der Waals surface area contributed by atoms with E-state index in [4.69, 9.17) is 10.7 Å². The van der Waals surface area contributed by atoms with Crippen molar-refractivity contribution in [3.8, 4) is 0 Å². The number of rotatable bonds is 4. The van der Waals surface area contributed by atoms with E-state index < -0.39 is 0 Å². The number of hydrogen-bond acceptors (Lipinski definition) is 3. The molecule has 1 saturated carbocycles. The highest BCUT2D eigenvalue weighted by Gasteiger charge is 2.18. The molecule has 0 radical (unpaired) electrons. The van der Waals surface area contributed by atoms with E-state index in [-0.39, 0.29) is 0 Å². The Morgan fingerprint density at radius 1 is 1.37 bits per heavy atom. The smallest absolute Gasteiger partial charge is 0.204 e. The van der Waals surface area contributed by atoms with Gasteiger partial charge in [-0.2, -0.15) is 0 Å². The standard InChI is InChI=1S/C15H22N4/c1-11-6-7-14-13(10-11)18-15(19(14)9-8-16)17-12-4-2-3-5-12/h6-7,10,12H,2-5,8-9,16H2,1H3,(H,17,18). The van der Waals surface area contributed by atoms with Crippen LogP contribution in [0, 0.1) is 6.92 Å². The lowest BCUT2D eigenvalue weighted by Gasteiger charge is -2.14. The highest BCUT2D eigenvalue weighted by molar-refractivity contribution is 5.79. The Bertz CT molecular complexity index is 567. The minimum atomic E-state index is 0.578. The van der Waals surface area contributed by atoms with Crippen molar-refractivity contribution < 1.29 is 0 Å². The Morgan fingerprint density at radius 3 is 2.89 bits per heavy atom. The van der Waals surface area contributed by atoms with Crippen LogP contribution in [-0.2, 0) is 6.54 Å². The van der Waals surface area contributed by atoms with Crippen LogP contribution in [0.2, 0.25) is 0 Å². The lowest BCUT2D eigenvalue weighted by atomic mass is 10.2. The highest BCUT2D eigenvalue weighted by atomic mass is 15.2. The number of benzene rings is 1. The molecule has 1 aromatic heterocycles. The van der Waals surface area contributed by atoms with Crippen LogP contribution in [0.3, 0.4) is 0 Å². The second-order valence-corrected chi connectivity index (χ2v) is 5.49. The van der Waals surface area contributed by atoms with E-state index in [0.717, 1.165) is 18.0 Å². The Balaban J connectivity index is 1.98. The second-order valence-electron chi connectivity index (χ2n) is 5.49. The molecular formula is C15H22N4. The van der Waals surface area contributed by atoms with Crippen LogP contribution < -0.4 is 11.1 Å². The third kappa shape index (κ3) is 2.45. The van der Waals surface area contributed by atoms with Gasteiger partial charge in [0.15, 0.2) is 0 Å². The zero-order chi connectivity index (χ0) is 13.2. The van der Waals surface area contributed by atoms with E-state index in [1.165, 1.54) is 36.8 Å².